The molecule has 0 amide bonds. The molecule has 0 aromatic heterocycles. The summed E-state index contributed by atoms with van der Waals surface area (Å²) in [5, 5.41) is 14.7. The van der Waals surface area contributed by atoms with Crippen molar-refractivity contribution in [2.75, 3.05) is 47.9 Å². The molecule has 2 N–H and O–H groups in total. The van der Waals surface area contributed by atoms with Crippen LogP contribution in [-0.2, 0) is 28.5 Å². The standard InChI is InChI=1S/C32H61N3O7/c1-20(2)33-15-13-14-24-19-40-30(38)31(6,7)27(37)23(5)28(32(8,39-12)17-21(3)18-35(24)11)42-29-26(36)25(34(9)10)16-22(4)41-29/h20-26,28-29,33,36H,13-19H2,1-12H3/t21-,22-,23+,24+,25+,26-,28-,29+,32-/m1/s1. The molecular formula is C32H61N3O7. The molecule has 2 aliphatic rings. The second kappa shape index (κ2) is 15.7. The van der Waals surface area contributed by atoms with Gasteiger partial charge < -0.3 is 34.3 Å². The molecule has 2 rings (SSSR count). The van der Waals surface area contributed by atoms with Gasteiger partial charge in [-0.05, 0) is 87.0 Å². The highest BCUT2D eigenvalue weighted by Gasteiger charge is 2.51. The molecule has 0 bridgehead atoms. The number of ether oxygens (including phenoxy) is 4. The van der Waals surface area contributed by atoms with Crippen LogP contribution >= 0.6 is 0 Å². The number of Topliss-reactive ketones (excluding diaryl/α,β-unsaturated/α-hetero) is 1. The van der Waals surface area contributed by atoms with Crippen LogP contribution in [0.3, 0.4) is 0 Å². The minimum atomic E-state index is -1.40. The van der Waals surface area contributed by atoms with E-state index >= 15 is 0 Å². The predicted molar refractivity (Wildman–Crippen MR) is 164 cm³/mol. The van der Waals surface area contributed by atoms with Crippen molar-refractivity contribution in [1.82, 2.24) is 15.1 Å². The van der Waals surface area contributed by atoms with E-state index in [1.54, 1.807) is 27.9 Å². The van der Waals surface area contributed by atoms with Crippen molar-refractivity contribution in [2.45, 2.75) is 129 Å². The number of methoxy groups -OCH3 is 1. The van der Waals surface area contributed by atoms with Gasteiger partial charge in [-0.15, -0.1) is 0 Å². The second-order valence-corrected chi connectivity index (χ2v) is 14.2. The molecule has 2 saturated heterocycles. The first-order valence-electron chi connectivity index (χ1n) is 15.8. The van der Waals surface area contributed by atoms with E-state index in [0.29, 0.717) is 18.9 Å². The summed E-state index contributed by atoms with van der Waals surface area (Å²) < 4.78 is 24.8. The molecule has 10 nitrogen and oxygen atoms in total. The molecule has 2 aliphatic heterocycles. The number of nitrogens with one attached hydrogen (secondary N) is 1. The second-order valence-electron chi connectivity index (χ2n) is 14.2. The topological polar surface area (TPSA) is 110 Å². The zero-order chi connectivity index (χ0) is 32.0. The normalized spacial score (nSPS) is 37.7. The number of carbonyl (C=O) groups is 2. The van der Waals surface area contributed by atoms with Crippen molar-refractivity contribution in [3.63, 3.8) is 0 Å². The van der Waals surface area contributed by atoms with Gasteiger partial charge in [0, 0.05) is 37.7 Å². The number of cyclic esters (lactones) is 1. The fraction of sp³-hybridized carbons (Fsp3) is 0.938. The summed E-state index contributed by atoms with van der Waals surface area (Å²) in [7, 11) is 7.55. The van der Waals surface area contributed by atoms with Crippen LogP contribution in [0.2, 0.25) is 0 Å². The van der Waals surface area contributed by atoms with E-state index < -0.39 is 41.4 Å². The van der Waals surface area contributed by atoms with Gasteiger partial charge >= 0.3 is 5.97 Å². The Bertz CT molecular complexity index is 869. The molecule has 10 heteroatoms. The van der Waals surface area contributed by atoms with Crippen LogP contribution in [0.4, 0.5) is 0 Å². The van der Waals surface area contributed by atoms with Crippen LogP contribution in [0.25, 0.3) is 0 Å². The summed E-state index contributed by atoms with van der Waals surface area (Å²) in [6.45, 7) is 17.2. The van der Waals surface area contributed by atoms with Crippen LogP contribution in [-0.4, -0.2) is 123 Å². The Hall–Kier alpha value is -1.14. The van der Waals surface area contributed by atoms with E-state index in [9.17, 15) is 14.7 Å². The molecule has 0 aromatic rings. The van der Waals surface area contributed by atoms with Gasteiger partial charge in [-0.25, -0.2) is 0 Å². The number of carbonyl (C=O) groups excluding carboxylic acids is 2. The van der Waals surface area contributed by atoms with E-state index in [4.69, 9.17) is 18.9 Å². The lowest BCUT2D eigenvalue weighted by molar-refractivity contribution is -0.295. The van der Waals surface area contributed by atoms with Gasteiger partial charge in [0.25, 0.3) is 0 Å². The molecule has 0 saturated carbocycles. The number of aliphatic hydroxyl groups excluding tert-OH is 1. The Morgan fingerprint density at radius 1 is 1.17 bits per heavy atom. The van der Waals surface area contributed by atoms with Gasteiger partial charge in [-0.1, -0.05) is 27.7 Å². The van der Waals surface area contributed by atoms with Crippen LogP contribution in [0.1, 0.15) is 81.1 Å². The Morgan fingerprint density at radius 2 is 1.81 bits per heavy atom. The van der Waals surface area contributed by atoms with E-state index in [-0.39, 0.29) is 36.5 Å². The summed E-state index contributed by atoms with van der Waals surface area (Å²) in [5.41, 5.74) is -2.30. The zero-order valence-electron chi connectivity index (χ0n) is 28.4. The lowest BCUT2D eigenvalue weighted by atomic mass is 9.74. The van der Waals surface area contributed by atoms with Gasteiger partial charge in [0.2, 0.25) is 0 Å². The number of aliphatic hydroxyl groups is 1. The first-order chi connectivity index (χ1) is 19.4. The van der Waals surface area contributed by atoms with Crippen molar-refractivity contribution >= 4 is 11.8 Å². The number of rotatable bonds is 9. The average Bonchev–Trinajstić information content (AvgIpc) is 2.90. The molecule has 0 unspecified atom stereocenters. The lowest BCUT2D eigenvalue weighted by Gasteiger charge is -2.47. The Balaban J connectivity index is 2.44. The van der Waals surface area contributed by atoms with Gasteiger partial charge in [0.05, 0.1) is 17.8 Å². The van der Waals surface area contributed by atoms with E-state index in [1.807, 2.05) is 32.8 Å². The summed E-state index contributed by atoms with van der Waals surface area (Å²) in [5.74, 6) is -1.41. The maximum Gasteiger partial charge on any atom is 0.319 e. The third-order valence-electron chi connectivity index (χ3n) is 9.27. The van der Waals surface area contributed by atoms with E-state index in [0.717, 1.165) is 25.9 Å². The first-order valence-corrected chi connectivity index (χ1v) is 15.8. The average molecular weight is 600 g/mol. The number of esters is 1. The Labute approximate surface area is 255 Å². The minimum Gasteiger partial charge on any atom is -0.463 e. The van der Waals surface area contributed by atoms with Crippen LogP contribution in [0.5, 0.6) is 0 Å². The molecule has 2 heterocycles. The number of nitrogens with zero attached hydrogens (tertiary/aromatic N) is 2. The number of ketones is 1. The van der Waals surface area contributed by atoms with Crippen molar-refractivity contribution in [2.24, 2.45) is 17.3 Å². The summed E-state index contributed by atoms with van der Waals surface area (Å²) in [6.07, 6.45) is 0.249. The summed E-state index contributed by atoms with van der Waals surface area (Å²) in [6, 6.07) is 0.263. The summed E-state index contributed by atoms with van der Waals surface area (Å²) in [4.78, 5) is 31.8. The van der Waals surface area contributed by atoms with E-state index in [1.165, 1.54) is 0 Å². The van der Waals surface area contributed by atoms with Crippen molar-refractivity contribution in [1.29, 1.82) is 0 Å². The quantitative estimate of drug-likeness (QED) is 0.233. The Kier molecular flexibility index (Phi) is 13.9. The SMILES string of the molecule is CO[C@]1(C)C[C@@H](C)CN(C)[C@@H](CCCNC(C)C)COC(=O)C(C)(C)C(=O)[C@H](C)[C@H]1O[C@@H]1O[C@H](C)C[C@H](N(C)C)[C@H]1O. The number of hydrogen-bond acceptors (Lipinski definition) is 10. The predicted octanol–water partition coefficient (Wildman–Crippen LogP) is 3.10. The van der Waals surface area contributed by atoms with Crippen LogP contribution in [0, 0.1) is 17.3 Å². The summed E-state index contributed by atoms with van der Waals surface area (Å²) >= 11 is 0. The lowest BCUT2D eigenvalue weighted by Crippen LogP contribution is -2.59. The van der Waals surface area contributed by atoms with Crippen molar-refractivity contribution in [3.8, 4) is 0 Å². The van der Waals surface area contributed by atoms with Gasteiger partial charge in [0.1, 0.15) is 18.1 Å². The highest BCUT2D eigenvalue weighted by atomic mass is 16.7. The largest absolute Gasteiger partial charge is 0.463 e. The molecular weight excluding hydrogens is 538 g/mol. The molecule has 246 valence electrons. The molecule has 0 radical (unpaired) electrons. The Morgan fingerprint density at radius 3 is 2.38 bits per heavy atom. The molecule has 0 aliphatic carbocycles. The number of likely N-dealkylation sites (N-methyl/N-ethyl adjacent to an activating group) is 2. The highest BCUT2D eigenvalue weighted by molar-refractivity contribution is 6.04. The fourth-order valence-corrected chi connectivity index (χ4v) is 6.62. The van der Waals surface area contributed by atoms with Gasteiger partial charge in [-0.2, -0.15) is 0 Å². The fourth-order valence-electron chi connectivity index (χ4n) is 6.62. The maximum absolute atomic E-state index is 14.1. The van der Waals surface area contributed by atoms with Crippen molar-refractivity contribution in [3.05, 3.63) is 0 Å². The maximum atomic E-state index is 14.1. The minimum absolute atomic E-state index is 0.0190. The third kappa shape index (κ3) is 9.43. The van der Waals surface area contributed by atoms with Gasteiger partial charge in [-0.3, -0.25) is 14.5 Å². The van der Waals surface area contributed by atoms with Crippen LogP contribution in [0.15, 0.2) is 0 Å². The van der Waals surface area contributed by atoms with E-state index in [2.05, 4.69) is 38.0 Å². The molecule has 42 heavy (non-hydrogen) atoms. The van der Waals surface area contributed by atoms with Crippen molar-refractivity contribution < 1.29 is 33.6 Å². The first kappa shape index (κ1) is 37.0. The molecule has 0 aromatic carbocycles. The third-order valence-corrected chi connectivity index (χ3v) is 9.27. The molecule has 2 fully saturated rings. The zero-order valence-corrected chi connectivity index (χ0v) is 28.4. The van der Waals surface area contributed by atoms with Gasteiger partial charge in [0.15, 0.2) is 12.1 Å². The monoisotopic (exact) mass is 599 g/mol. The molecule has 9 atom stereocenters. The smallest absolute Gasteiger partial charge is 0.319 e. The molecule has 0 spiro atoms. The van der Waals surface area contributed by atoms with Crippen LogP contribution < -0.4 is 5.32 Å². The highest BCUT2D eigenvalue weighted by Crippen LogP contribution is 2.38. The number of hydrogen-bond donors (Lipinski definition) is 2.